The van der Waals surface area contributed by atoms with E-state index in [1.54, 1.807) is 4.68 Å². The van der Waals surface area contributed by atoms with E-state index < -0.39 is 5.92 Å². The van der Waals surface area contributed by atoms with E-state index in [0.717, 1.165) is 0 Å². The van der Waals surface area contributed by atoms with E-state index in [1.807, 2.05) is 0 Å². The Kier molecular flexibility index (Phi) is 4.72. The van der Waals surface area contributed by atoms with Crippen LogP contribution >= 0.6 is 0 Å². The van der Waals surface area contributed by atoms with Crippen LogP contribution in [-0.4, -0.2) is 44.4 Å². The summed E-state index contributed by atoms with van der Waals surface area (Å²) < 4.78 is 28.5. The van der Waals surface area contributed by atoms with Crippen molar-refractivity contribution in [1.29, 1.82) is 0 Å². The Hall–Kier alpha value is -2.65. The molecule has 2 N–H and O–H groups in total. The molecule has 28 heavy (non-hydrogen) atoms. The Morgan fingerprint density at radius 2 is 2.07 bits per heavy atom. The molecule has 0 aliphatic heterocycles. The van der Waals surface area contributed by atoms with Gasteiger partial charge in [0.15, 0.2) is 5.65 Å². The van der Waals surface area contributed by atoms with E-state index in [0.29, 0.717) is 36.0 Å². The number of hydrogen-bond acceptors (Lipinski definition) is 5. The van der Waals surface area contributed by atoms with Crippen LogP contribution in [-0.2, 0) is 9.59 Å². The maximum Gasteiger partial charge on any atom is 0.262 e. The van der Waals surface area contributed by atoms with Crippen molar-refractivity contribution in [3.63, 3.8) is 0 Å². The van der Waals surface area contributed by atoms with Crippen LogP contribution in [0.15, 0.2) is 11.0 Å². The molecule has 0 unspecified atom stereocenters. The number of aldehydes is 1. The van der Waals surface area contributed by atoms with E-state index in [1.165, 1.54) is 6.20 Å². The predicted octanol–water partition coefficient (Wildman–Crippen LogP) is 1.68. The second-order valence-corrected chi connectivity index (χ2v) is 7.57. The monoisotopic (exact) mass is 393 g/mol. The lowest BCUT2D eigenvalue weighted by Crippen LogP contribution is -2.41. The molecule has 2 aromatic rings. The zero-order chi connectivity index (χ0) is 19.9. The smallest absolute Gasteiger partial charge is 0.262 e. The number of nitrogens with zero attached hydrogens (tertiary/aromatic N) is 3. The Labute approximate surface area is 158 Å². The Morgan fingerprint density at radius 3 is 2.71 bits per heavy atom. The maximum absolute atomic E-state index is 13.5. The quantitative estimate of drug-likeness (QED) is 0.751. The Morgan fingerprint density at radius 1 is 1.32 bits per heavy atom. The zero-order valence-corrected chi connectivity index (χ0v) is 15.2. The molecule has 2 heterocycles. The number of hydrogen-bond donors (Lipinski definition) is 2. The van der Waals surface area contributed by atoms with Gasteiger partial charge in [-0.15, -0.1) is 0 Å². The van der Waals surface area contributed by atoms with Crippen LogP contribution in [0.4, 0.5) is 8.78 Å². The molecule has 0 bridgehead atoms. The summed E-state index contributed by atoms with van der Waals surface area (Å²) in [5.74, 6) is -3.09. The van der Waals surface area contributed by atoms with E-state index in [4.69, 9.17) is 0 Å². The highest BCUT2D eigenvalue weighted by Crippen LogP contribution is 2.42. The molecule has 0 spiro atoms. The second kappa shape index (κ2) is 7.06. The van der Waals surface area contributed by atoms with E-state index in [-0.39, 0.29) is 61.6 Å². The van der Waals surface area contributed by atoms with Gasteiger partial charge >= 0.3 is 0 Å². The zero-order valence-electron chi connectivity index (χ0n) is 15.2. The summed E-state index contributed by atoms with van der Waals surface area (Å²) >= 11 is 0. The first-order valence-corrected chi connectivity index (χ1v) is 9.46. The van der Waals surface area contributed by atoms with E-state index in [2.05, 4.69) is 20.4 Å². The number of alkyl halides is 2. The van der Waals surface area contributed by atoms with Crippen molar-refractivity contribution in [2.24, 2.45) is 5.92 Å². The molecule has 10 heteroatoms. The molecule has 2 fully saturated rings. The molecule has 150 valence electrons. The summed E-state index contributed by atoms with van der Waals surface area (Å²) in [6.45, 7) is -0.0515. The van der Waals surface area contributed by atoms with E-state index >= 15 is 0 Å². The molecule has 0 radical (unpaired) electrons. The molecule has 2 atom stereocenters. The average molecular weight is 393 g/mol. The molecular formula is C18H21F2N5O3. The van der Waals surface area contributed by atoms with Crippen LogP contribution in [0.25, 0.3) is 11.0 Å². The van der Waals surface area contributed by atoms with Gasteiger partial charge in [-0.3, -0.25) is 9.59 Å². The van der Waals surface area contributed by atoms with Crippen molar-refractivity contribution in [3.05, 3.63) is 22.4 Å². The number of carbonyl (C=O) groups excluding carboxylic acids is 2. The van der Waals surface area contributed by atoms with Gasteiger partial charge in [0.2, 0.25) is 11.8 Å². The minimum atomic E-state index is -2.65. The van der Waals surface area contributed by atoms with Gasteiger partial charge in [-0.2, -0.15) is 5.10 Å². The fourth-order valence-corrected chi connectivity index (χ4v) is 4.08. The number of rotatable bonds is 5. The van der Waals surface area contributed by atoms with Crippen molar-refractivity contribution in [1.82, 2.24) is 25.1 Å². The molecular weight excluding hydrogens is 372 g/mol. The molecule has 0 aromatic carbocycles. The van der Waals surface area contributed by atoms with E-state index in [9.17, 15) is 23.2 Å². The van der Waals surface area contributed by atoms with Crippen molar-refractivity contribution in [2.45, 2.75) is 56.4 Å². The highest BCUT2D eigenvalue weighted by atomic mass is 19.3. The number of carbonyl (C=O) groups is 2. The molecule has 2 aliphatic rings. The number of nitrogens with one attached hydrogen (secondary N) is 2. The lowest BCUT2D eigenvalue weighted by molar-refractivity contribution is -0.129. The van der Waals surface area contributed by atoms with Crippen LogP contribution in [0.2, 0.25) is 0 Å². The van der Waals surface area contributed by atoms with Gasteiger partial charge in [-0.05, 0) is 25.7 Å². The molecule has 2 aliphatic carbocycles. The third kappa shape index (κ3) is 3.31. The molecule has 8 nitrogen and oxygen atoms in total. The van der Waals surface area contributed by atoms with Gasteiger partial charge in [0.25, 0.3) is 5.56 Å². The van der Waals surface area contributed by atoms with Gasteiger partial charge < -0.3 is 15.1 Å². The Bertz CT molecular complexity index is 960. The highest BCUT2D eigenvalue weighted by Gasteiger charge is 2.40. The lowest BCUT2D eigenvalue weighted by Gasteiger charge is -2.34. The van der Waals surface area contributed by atoms with Crippen LogP contribution in [0.3, 0.4) is 0 Å². The summed E-state index contributed by atoms with van der Waals surface area (Å²) in [6.07, 6.45) is 3.48. The van der Waals surface area contributed by atoms with Gasteiger partial charge in [-0.1, -0.05) is 0 Å². The largest absolute Gasteiger partial charge is 0.349 e. The fourth-order valence-electron chi connectivity index (χ4n) is 4.08. The van der Waals surface area contributed by atoms with Crippen LogP contribution < -0.4 is 10.9 Å². The normalized spacial score (nSPS) is 24.6. The molecule has 0 saturated heterocycles. The topological polar surface area (TPSA) is 110 Å². The third-order valence-corrected chi connectivity index (χ3v) is 5.84. The summed E-state index contributed by atoms with van der Waals surface area (Å²) in [5.41, 5.74) is 0.0132. The molecule has 2 saturated carbocycles. The van der Waals surface area contributed by atoms with Crippen LogP contribution in [0.1, 0.15) is 56.3 Å². The average Bonchev–Trinajstić information content (AvgIpc) is 3.03. The highest BCUT2D eigenvalue weighted by molar-refractivity contribution is 5.82. The molecule has 4 rings (SSSR count). The van der Waals surface area contributed by atoms with Crippen molar-refractivity contribution in [3.8, 4) is 0 Å². The minimum absolute atomic E-state index is 0.0515. The lowest BCUT2D eigenvalue weighted by atomic mass is 9.72. The summed E-state index contributed by atoms with van der Waals surface area (Å²) in [5, 5.41) is 7.08. The fraction of sp³-hybridized carbons (Fsp3) is 0.611. The number of aromatic amines is 1. The number of H-pyrrole nitrogens is 1. The summed E-state index contributed by atoms with van der Waals surface area (Å²) in [6, 6.07) is -0.229. The number of fused-ring (bicyclic) bond motifs is 1. The first kappa shape index (κ1) is 18.7. The van der Waals surface area contributed by atoms with Crippen LogP contribution in [0, 0.1) is 5.92 Å². The SMILES string of the molecule is O=CCNC(=O)[C@@H]1CC[C@H]1c1nc2c(cnn2C2CCC(F)(F)CC2)c(=O)[nH]1. The van der Waals surface area contributed by atoms with Crippen molar-refractivity contribution >= 4 is 23.2 Å². The predicted molar refractivity (Wildman–Crippen MR) is 95.1 cm³/mol. The standard InChI is InChI=1S/C18H21F2N5O3/c19-18(20)5-3-10(4-6-18)25-15-13(9-22-25)17(28)24-14(23-15)11-1-2-12(11)16(27)21-7-8-26/h8-12H,1-7H2,(H,21,27)(H,23,24,28)/t11-,12-/m1/s1. The number of halogens is 2. The van der Waals surface area contributed by atoms with Gasteiger partial charge in [0, 0.05) is 24.7 Å². The second-order valence-electron chi connectivity index (χ2n) is 7.57. The maximum atomic E-state index is 13.5. The minimum Gasteiger partial charge on any atom is -0.349 e. The summed E-state index contributed by atoms with van der Waals surface area (Å²) in [7, 11) is 0. The molecule has 2 aromatic heterocycles. The van der Waals surface area contributed by atoms with Crippen molar-refractivity contribution in [2.75, 3.05) is 6.54 Å². The third-order valence-electron chi connectivity index (χ3n) is 5.84. The van der Waals surface area contributed by atoms with Gasteiger partial charge in [0.05, 0.1) is 18.8 Å². The Balaban J connectivity index is 1.62. The van der Waals surface area contributed by atoms with Crippen LogP contribution in [0.5, 0.6) is 0 Å². The van der Waals surface area contributed by atoms with Crippen molar-refractivity contribution < 1.29 is 18.4 Å². The van der Waals surface area contributed by atoms with Gasteiger partial charge in [0.1, 0.15) is 17.5 Å². The first-order chi connectivity index (χ1) is 13.4. The number of aromatic nitrogens is 4. The van der Waals surface area contributed by atoms with Gasteiger partial charge in [-0.25, -0.2) is 18.4 Å². The number of amides is 1. The summed E-state index contributed by atoms with van der Waals surface area (Å²) in [4.78, 5) is 42.4. The molecule has 1 amide bonds. The first-order valence-electron chi connectivity index (χ1n) is 9.46.